The average molecular weight is 228 g/mol. The molecule has 0 amide bonds. The number of aryl methyl sites for hydroxylation is 1. The van der Waals surface area contributed by atoms with Crippen molar-refractivity contribution in [3.8, 4) is 5.75 Å². The molecule has 4 nitrogen and oxygen atoms in total. The Hall–Kier alpha value is -1.12. The van der Waals surface area contributed by atoms with Crippen LogP contribution in [-0.2, 0) is 9.09 Å². The summed E-state index contributed by atoms with van der Waals surface area (Å²) in [5.41, 5.74) is 0.00768. The summed E-state index contributed by atoms with van der Waals surface area (Å²) in [5.74, 6) is 0.417. The van der Waals surface area contributed by atoms with Crippen molar-refractivity contribution in [2.75, 3.05) is 6.61 Å². The third kappa shape index (κ3) is 3.50. The van der Waals surface area contributed by atoms with E-state index >= 15 is 0 Å². The monoisotopic (exact) mass is 228 g/mol. The van der Waals surface area contributed by atoms with Crippen LogP contribution >= 0.6 is 8.03 Å². The van der Waals surface area contributed by atoms with E-state index in [0.717, 1.165) is 5.56 Å². The van der Waals surface area contributed by atoms with E-state index in [0.29, 0.717) is 5.75 Å². The lowest BCUT2D eigenvalue weighted by atomic mass is 10.2. The van der Waals surface area contributed by atoms with Crippen molar-refractivity contribution in [2.24, 2.45) is 0 Å². The molecule has 82 valence electrons. The van der Waals surface area contributed by atoms with Crippen LogP contribution in [-0.4, -0.2) is 12.3 Å². The summed E-state index contributed by atoms with van der Waals surface area (Å²) in [6, 6.07) is 7.03. The molecule has 0 bridgehead atoms. The van der Waals surface area contributed by atoms with Crippen LogP contribution in [0.4, 0.5) is 4.79 Å². The van der Waals surface area contributed by atoms with Crippen molar-refractivity contribution in [1.29, 1.82) is 0 Å². The number of rotatable bonds is 4. The first-order chi connectivity index (χ1) is 7.15. The second-order valence-corrected chi connectivity index (χ2v) is 4.15. The fourth-order valence-electron chi connectivity index (χ4n) is 1.00. The number of ether oxygens (including phenoxy) is 1. The number of benzene rings is 1. The molecule has 0 aliphatic carbocycles. The maximum atomic E-state index is 11.2. The number of hydrogen-bond acceptors (Lipinski definition) is 4. The minimum absolute atomic E-state index is 0.237. The van der Waals surface area contributed by atoms with Gasteiger partial charge >= 0.3 is 5.71 Å². The molecule has 0 aromatic heterocycles. The summed E-state index contributed by atoms with van der Waals surface area (Å²) in [6.45, 7) is 3.71. The molecule has 1 aromatic carbocycles. The Morgan fingerprint density at radius 3 is 2.67 bits per heavy atom. The van der Waals surface area contributed by atoms with Crippen molar-refractivity contribution in [2.45, 2.75) is 13.8 Å². The molecular formula is C10H13O4P. The molecule has 0 fully saturated rings. The Morgan fingerprint density at radius 2 is 2.07 bits per heavy atom. The van der Waals surface area contributed by atoms with E-state index in [2.05, 4.69) is 4.52 Å². The van der Waals surface area contributed by atoms with Crippen LogP contribution in [0.25, 0.3) is 0 Å². The molecule has 15 heavy (non-hydrogen) atoms. The molecule has 0 spiro atoms. The van der Waals surface area contributed by atoms with Gasteiger partial charge in [0.25, 0.3) is 8.03 Å². The zero-order valence-electron chi connectivity index (χ0n) is 8.65. The number of carbonyl (C=O) groups is 1. The standard InChI is InChI=1S/C10H13O4P/c1-3-13-15(12)10(11)14-9-7-5-4-6-8(9)2/h4-7,15H,3H2,1-2H3. The molecule has 0 N–H and O–H groups in total. The predicted molar refractivity (Wildman–Crippen MR) is 57.8 cm³/mol. The van der Waals surface area contributed by atoms with E-state index in [9.17, 15) is 9.36 Å². The maximum Gasteiger partial charge on any atom is 0.393 e. The molecule has 0 saturated heterocycles. The highest BCUT2D eigenvalue weighted by Crippen LogP contribution is 2.27. The molecule has 1 atom stereocenters. The van der Waals surface area contributed by atoms with Gasteiger partial charge in [-0.1, -0.05) is 18.2 Å². The van der Waals surface area contributed by atoms with Gasteiger partial charge in [0.1, 0.15) is 5.75 Å². The van der Waals surface area contributed by atoms with Gasteiger partial charge in [0.2, 0.25) is 0 Å². The summed E-state index contributed by atoms with van der Waals surface area (Å²) < 4.78 is 20.8. The zero-order valence-corrected chi connectivity index (χ0v) is 9.65. The summed E-state index contributed by atoms with van der Waals surface area (Å²) >= 11 is 0. The topological polar surface area (TPSA) is 52.6 Å². The lowest BCUT2D eigenvalue weighted by Crippen LogP contribution is -2.02. The molecular weight excluding hydrogens is 215 g/mol. The molecule has 0 aliphatic rings. The highest BCUT2D eigenvalue weighted by atomic mass is 31.1. The summed E-state index contributed by atoms with van der Waals surface area (Å²) in [4.78, 5) is 11.2. The van der Waals surface area contributed by atoms with Gasteiger partial charge < -0.3 is 9.26 Å². The van der Waals surface area contributed by atoms with Crippen molar-refractivity contribution in [3.05, 3.63) is 29.8 Å². The van der Waals surface area contributed by atoms with Gasteiger partial charge in [0.05, 0.1) is 6.61 Å². The number of hydrogen-bond donors (Lipinski definition) is 0. The summed E-state index contributed by atoms with van der Waals surface area (Å²) in [7, 11) is -2.74. The predicted octanol–water partition coefficient (Wildman–Crippen LogP) is 3.01. The maximum absolute atomic E-state index is 11.2. The van der Waals surface area contributed by atoms with Gasteiger partial charge in [-0.05, 0) is 25.5 Å². The van der Waals surface area contributed by atoms with Crippen LogP contribution in [0.2, 0.25) is 0 Å². The van der Waals surface area contributed by atoms with Crippen LogP contribution in [0.5, 0.6) is 5.75 Å². The van der Waals surface area contributed by atoms with E-state index in [1.165, 1.54) is 0 Å². The van der Waals surface area contributed by atoms with Crippen LogP contribution < -0.4 is 4.74 Å². The highest BCUT2D eigenvalue weighted by molar-refractivity contribution is 7.58. The second-order valence-electron chi connectivity index (χ2n) is 2.88. The van der Waals surface area contributed by atoms with Crippen molar-refractivity contribution < 1.29 is 18.6 Å². The van der Waals surface area contributed by atoms with Crippen LogP contribution in [0.3, 0.4) is 0 Å². The largest absolute Gasteiger partial charge is 0.419 e. The van der Waals surface area contributed by atoms with E-state index in [1.807, 2.05) is 6.07 Å². The van der Waals surface area contributed by atoms with Gasteiger partial charge in [-0.15, -0.1) is 0 Å². The average Bonchev–Trinajstić information content (AvgIpc) is 2.21. The lowest BCUT2D eigenvalue weighted by Gasteiger charge is -2.06. The fraction of sp³-hybridized carbons (Fsp3) is 0.300. The first-order valence-electron chi connectivity index (χ1n) is 4.59. The molecule has 1 aromatic rings. The first kappa shape index (κ1) is 12.0. The van der Waals surface area contributed by atoms with Crippen molar-refractivity contribution >= 4 is 13.7 Å². The van der Waals surface area contributed by atoms with Crippen LogP contribution in [0.15, 0.2) is 24.3 Å². The van der Waals surface area contributed by atoms with Crippen LogP contribution in [0, 0.1) is 6.92 Å². The third-order valence-electron chi connectivity index (χ3n) is 1.74. The van der Waals surface area contributed by atoms with Crippen molar-refractivity contribution in [3.63, 3.8) is 0 Å². The van der Waals surface area contributed by atoms with Gasteiger partial charge in [0.15, 0.2) is 0 Å². The lowest BCUT2D eigenvalue weighted by molar-refractivity contribution is 0.218. The van der Waals surface area contributed by atoms with Gasteiger partial charge in [-0.3, -0.25) is 4.57 Å². The fourth-order valence-corrected chi connectivity index (χ4v) is 1.58. The van der Waals surface area contributed by atoms with E-state index < -0.39 is 13.7 Å². The zero-order chi connectivity index (χ0) is 11.3. The molecule has 1 rings (SSSR count). The quantitative estimate of drug-likeness (QED) is 0.743. The minimum Gasteiger partial charge on any atom is -0.419 e. The highest BCUT2D eigenvalue weighted by Gasteiger charge is 2.14. The van der Waals surface area contributed by atoms with Crippen LogP contribution in [0.1, 0.15) is 12.5 Å². The molecule has 0 heterocycles. The van der Waals surface area contributed by atoms with Gasteiger partial charge in [-0.2, -0.15) is 0 Å². The Morgan fingerprint density at radius 1 is 1.40 bits per heavy atom. The SMILES string of the molecule is CCO[PH](=O)C(=O)Oc1ccccc1C. The minimum atomic E-state index is -2.74. The molecule has 0 saturated carbocycles. The normalized spacial score (nSPS) is 12.1. The second kappa shape index (κ2) is 5.69. The van der Waals surface area contributed by atoms with Gasteiger partial charge in [-0.25, -0.2) is 4.79 Å². The molecule has 5 heteroatoms. The smallest absolute Gasteiger partial charge is 0.393 e. The number of para-hydroxylation sites is 1. The molecule has 0 radical (unpaired) electrons. The Labute approximate surface area is 89.1 Å². The van der Waals surface area contributed by atoms with E-state index in [-0.39, 0.29) is 6.61 Å². The van der Waals surface area contributed by atoms with Gasteiger partial charge in [0, 0.05) is 0 Å². The van der Waals surface area contributed by atoms with E-state index in [1.54, 1.807) is 32.0 Å². The first-order valence-corrected chi connectivity index (χ1v) is 5.91. The molecule has 1 unspecified atom stereocenters. The van der Waals surface area contributed by atoms with E-state index in [4.69, 9.17) is 4.74 Å². The Bertz CT molecular complexity index is 375. The Kier molecular flexibility index (Phi) is 4.53. The molecule has 0 aliphatic heterocycles. The van der Waals surface area contributed by atoms with Crippen molar-refractivity contribution in [1.82, 2.24) is 0 Å². The summed E-state index contributed by atoms with van der Waals surface area (Å²) in [6.07, 6.45) is 0. The Balaban J connectivity index is 2.67. The summed E-state index contributed by atoms with van der Waals surface area (Å²) in [5, 5.41) is 0. The third-order valence-corrected chi connectivity index (χ3v) is 2.72. The number of carbonyl (C=O) groups excluding carboxylic acids is 1.